The Morgan fingerprint density at radius 1 is 1.47 bits per heavy atom. The summed E-state index contributed by atoms with van der Waals surface area (Å²) in [4.78, 5) is 10.9. The molecule has 0 aliphatic carbocycles. The number of rotatable bonds is 3. The van der Waals surface area contributed by atoms with E-state index in [0.29, 0.717) is 0 Å². The summed E-state index contributed by atoms with van der Waals surface area (Å²) in [5.41, 5.74) is 4.05. The molecule has 0 aromatic heterocycles. The van der Waals surface area contributed by atoms with Crippen LogP contribution in [0.5, 0.6) is 0 Å². The highest BCUT2D eigenvalue weighted by atomic mass is 32.2. The van der Waals surface area contributed by atoms with Crippen LogP contribution in [0, 0.1) is 0 Å². The minimum atomic E-state index is -0.418. The van der Waals surface area contributed by atoms with Crippen molar-refractivity contribution in [2.45, 2.75) is 18.2 Å². The largest absolute Gasteiger partial charge is 0.469 e. The van der Waals surface area contributed by atoms with E-state index in [9.17, 15) is 4.79 Å². The molecule has 2 rings (SSSR count). The van der Waals surface area contributed by atoms with E-state index in [1.165, 1.54) is 7.11 Å². The first kappa shape index (κ1) is 12.0. The Bertz CT molecular complexity index is 447. The monoisotopic (exact) mass is 250 g/mol. The van der Waals surface area contributed by atoms with Crippen LogP contribution in [0.15, 0.2) is 35.4 Å². The van der Waals surface area contributed by atoms with Gasteiger partial charge < -0.3 is 4.74 Å². The number of nitrogens with one attached hydrogen (secondary N) is 1. The lowest BCUT2D eigenvalue weighted by Crippen LogP contribution is -2.34. The van der Waals surface area contributed by atoms with Crippen LogP contribution in [-0.2, 0) is 9.53 Å². The molecule has 1 aromatic carbocycles. The molecule has 1 N–H and O–H groups in total. The van der Waals surface area contributed by atoms with Gasteiger partial charge in [-0.05, 0) is 6.92 Å². The van der Waals surface area contributed by atoms with E-state index in [2.05, 4.69) is 15.3 Å². The molecule has 0 amide bonds. The highest BCUT2D eigenvalue weighted by Gasteiger charge is 2.35. The SMILES string of the molecule is COC(=O)CC1(C)NN=C(c2ccccc2)S1. The zero-order valence-corrected chi connectivity index (χ0v) is 10.6. The topological polar surface area (TPSA) is 50.7 Å². The molecule has 1 atom stereocenters. The second-order valence-electron chi connectivity index (χ2n) is 3.98. The van der Waals surface area contributed by atoms with Crippen LogP contribution in [0.2, 0.25) is 0 Å². The quantitative estimate of drug-likeness (QED) is 0.833. The molecular weight excluding hydrogens is 236 g/mol. The summed E-state index contributed by atoms with van der Waals surface area (Å²) in [6.45, 7) is 1.94. The van der Waals surface area contributed by atoms with Crippen LogP contribution in [-0.4, -0.2) is 23.0 Å². The standard InChI is InChI=1S/C12H14N2O2S/c1-12(8-10(15)16-2)14-13-11(17-12)9-6-4-3-5-7-9/h3-7,14H,8H2,1-2H3. The van der Waals surface area contributed by atoms with Crippen molar-refractivity contribution in [2.75, 3.05) is 7.11 Å². The first-order chi connectivity index (χ1) is 8.13. The van der Waals surface area contributed by atoms with Gasteiger partial charge >= 0.3 is 5.97 Å². The van der Waals surface area contributed by atoms with Crippen molar-refractivity contribution in [1.29, 1.82) is 0 Å². The fourth-order valence-corrected chi connectivity index (χ4v) is 2.61. The van der Waals surface area contributed by atoms with Gasteiger partial charge in [-0.2, -0.15) is 5.10 Å². The van der Waals surface area contributed by atoms with Crippen LogP contribution in [0.1, 0.15) is 18.9 Å². The van der Waals surface area contributed by atoms with Crippen molar-refractivity contribution in [2.24, 2.45) is 5.10 Å². The number of benzene rings is 1. The maximum Gasteiger partial charge on any atom is 0.308 e. The molecule has 17 heavy (non-hydrogen) atoms. The zero-order valence-electron chi connectivity index (χ0n) is 9.77. The van der Waals surface area contributed by atoms with Crippen molar-refractivity contribution in [3.8, 4) is 0 Å². The number of nitrogens with zero attached hydrogens (tertiary/aromatic N) is 1. The third-order valence-corrected chi connectivity index (χ3v) is 3.65. The summed E-state index contributed by atoms with van der Waals surface area (Å²) in [5.74, 6) is -0.239. The second kappa shape index (κ2) is 4.79. The van der Waals surface area contributed by atoms with Gasteiger partial charge in [0.2, 0.25) is 0 Å². The first-order valence-electron chi connectivity index (χ1n) is 5.29. The molecule has 1 heterocycles. The van der Waals surface area contributed by atoms with E-state index in [4.69, 9.17) is 0 Å². The molecule has 1 unspecified atom stereocenters. The van der Waals surface area contributed by atoms with Crippen LogP contribution in [0.25, 0.3) is 0 Å². The predicted molar refractivity (Wildman–Crippen MR) is 68.7 cm³/mol. The van der Waals surface area contributed by atoms with Gasteiger partial charge in [0.1, 0.15) is 9.91 Å². The number of ether oxygens (including phenoxy) is 1. The number of carbonyl (C=O) groups excluding carboxylic acids is 1. The number of hydrogen-bond donors (Lipinski definition) is 1. The highest BCUT2D eigenvalue weighted by molar-refractivity contribution is 8.15. The Balaban J connectivity index is 2.06. The van der Waals surface area contributed by atoms with Crippen LogP contribution < -0.4 is 5.43 Å². The lowest BCUT2D eigenvalue weighted by Gasteiger charge is -2.20. The second-order valence-corrected chi connectivity index (χ2v) is 5.47. The van der Waals surface area contributed by atoms with Gasteiger partial charge in [-0.3, -0.25) is 10.2 Å². The Hall–Kier alpha value is -1.49. The Kier molecular flexibility index (Phi) is 3.38. The average molecular weight is 250 g/mol. The fraction of sp³-hybridized carbons (Fsp3) is 0.333. The van der Waals surface area contributed by atoms with E-state index < -0.39 is 4.87 Å². The summed E-state index contributed by atoms with van der Waals surface area (Å²) >= 11 is 1.55. The van der Waals surface area contributed by atoms with E-state index in [0.717, 1.165) is 10.6 Å². The molecule has 0 saturated heterocycles. The van der Waals surface area contributed by atoms with E-state index >= 15 is 0 Å². The van der Waals surface area contributed by atoms with E-state index in [-0.39, 0.29) is 12.4 Å². The van der Waals surface area contributed by atoms with Crippen LogP contribution in [0.3, 0.4) is 0 Å². The molecular formula is C12H14N2O2S. The van der Waals surface area contributed by atoms with Crippen molar-refractivity contribution in [1.82, 2.24) is 5.43 Å². The molecule has 1 aliphatic rings. The maximum atomic E-state index is 11.3. The summed E-state index contributed by atoms with van der Waals surface area (Å²) in [6, 6.07) is 9.89. The van der Waals surface area contributed by atoms with E-state index in [1.54, 1.807) is 11.8 Å². The van der Waals surface area contributed by atoms with Gasteiger partial charge in [0.05, 0.1) is 13.5 Å². The van der Waals surface area contributed by atoms with Crippen molar-refractivity contribution < 1.29 is 9.53 Å². The molecule has 90 valence electrons. The van der Waals surface area contributed by atoms with Gasteiger partial charge in [-0.1, -0.05) is 42.1 Å². The molecule has 4 nitrogen and oxygen atoms in total. The molecule has 1 aromatic rings. The average Bonchev–Trinajstić information content (AvgIpc) is 2.72. The van der Waals surface area contributed by atoms with Crippen LogP contribution >= 0.6 is 11.8 Å². The minimum Gasteiger partial charge on any atom is -0.469 e. The Morgan fingerprint density at radius 2 is 2.18 bits per heavy atom. The van der Waals surface area contributed by atoms with Gasteiger partial charge in [0.15, 0.2) is 0 Å². The fourth-order valence-electron chi connectivity index (χ4n) is 1.56. The summed E-state index contributed by atoms with van der Waals surface area (Å²) in [7, 11) is 1.39. The minimum absolute atomic E-state index is 0.239. The van der Waals surface area contributed by atoms with E-state index in [1.807, 2.05) is 37.3 Å². The molecule has 5 heteroatoms. The lowest BCUT2D eigenvalue weighted by molar-refractivity contribution is -0.141. The smallest absolute Gasteiger partial charge is 0.308 e. The number of hydrogen-bond acceptors (Lipinski definition) is 5. The van der Waals surface area contributed by atoms with Crippen LogP contribution in [0.4, 0.5) is 0 Å². The molecule has 0 bridgehead atoms. The van der Waals surface area contributed by atoms with Gasteiger partial charge in [-0.25, -0.2) is 0 Å². The number of carbonyl (C=O) groups is 1. The highest BCUT2D eigenvalue weighted by Crippen LogP contribution is 2.34. The maximum absolute atomic E-state index is 11.3. The number of methoxy groups -OCH3 is 1. The van der Waals surface area contributed by atoms with Gasteiger partial charge in [-0.15, -0.1) is 0 Å². The predicted octanol–water partition coefficient (Wildman–Crippen LogP) is 1.96. The zero-order chi connectivity index (χ0) is 12.3. The number of esters is 1. The molecule has 0 spiro atoms. The third kappa shape index (κ3) is 2.79. The molecule has 0 radical (unpaired) electrons. The first-order valence-corrected chi connectivity index (χ1v) is 6.11. The Morgan fingerprint density at radius 3 is 2.82 bits per heavy atom. The summed E-state index contributed by atoms with van der Waals surface area (Å²) < 4.78 is 4.68. The van der Waals surface area contributed by atoms with Gasteiger partial charge in [0, 0.05) is 5.56 Å². The van der Waals surface area contributed by atoms with Crippen molar-refractivity contribution >= 4 is 22.8 Å². The number of hydrazone groups is 1. The molecule has 0 saturated carbocycles. The number of thioether (sulfide) groups is 1. The Labute approximate surface area is 104 Å². The third-order valence-electron chi connectivity index (χ3n) is 2.45. The molecule has 0 fully saturated rings. The van der Waals surface area contributed by atoms with Gasteiger partial charge in [0.25, 0.3) is 0 Å². The summed E-state index contributed by atoms with van der Waals surface area (Å²) in [6.07, 6.45) is 0.286. The molecule has 1 aliphatic heterocycles. The lowest BCUT2D eigenvalue weighted by atomic mass is 10.2. The normalized spacial score (nSPS) is 22.8. The van der Waals surface area contributed by atoms with Crippen molar-refractivity contribution in [3.63, 3.8) is 0 Å². The van der Waals surface area contributed by atoms with Crippen molar-refractivity contribution in [3.05, 3.63) is 35.9 Å². The summed E-state index contributed by atoms with van der Waals surface area (Å²) in [5, 5.41) is 5.17.